The summed E-state index contributed by atoms with van der Waals surface area (Å²) in [6.45, 7) is 0. The lowest BCUT2D eigenvalue weighted by atomic mass is 10.0. The van der Waals surface area contributed by atoms with E-state index in [9.17, 15) is 4.79 Å². The van der Waals surface area contributed by atoms with E-state index < -0.39 is 6.04 Å². The third kappa shape index (κ3) is 1.83. The van der Waals surface area contributed by atoms with Crippen molar-refractivity contribution in [3.8, 4) is 0 Å². The topological polar surface area (TPSA) is 41.1 Å². The van der Waals surface area contributed by atoms with Gasteiger partial charge in [0.25, 0.3) is 5.91 Å². The Kier molecular flexibility index (Phi) is 2.68. The molecule has 1 amide bonds. The summed E-state index contributed by atoms with van der Waals surface area (Å²) in [6.07, 6.45) is 0. The van der Waals surface area contributed by atoms with Crippen molar-refractivity contribution in [2.24, 2.45) is 0 Å². The van der Waals surface area contributed by atoms with Gasteiger partial charge in [-0.25, -0.2) is 0 Å². The molecule has 4 heteroatoms. The van der Waals surface area contributed by atoms with Crippen molar-refractivity contribution in [2.75, 3.05) is 10.6 Å². The van der Waals surface area contributed by atoms with Crippen LogP contribution in [0, 0.1) is 0 Å². The molecule has 0 radical (unpaired) electrons. The normalized spacial score (nSPS) is 17.6. The van der Waals surface area contributed by atoms with Crippen molar-refractivity contribution >= 4 is 28.9 Å². The summed E-state index contributed by atoms with van der Waals surface area (Å²) >= 11 is 6.13. The van der Waals surface area contributed by atoms with Crippen molar-refractivity contribution < 1.29 is 4.79 Å². The Balaban J connectivity index is 2.01. The first-order valence-electron chi connectivity index (χ1n) is 5.66. The van der Waals surface area contributed by atoms with Crippen molar-refractivity contribution in [3.63, 3.8) is 0 Å². The summed E-state index contributed by atoms with van der Waals surface area (Å²) in [5.74, 6) is -0.0956. The first-order valence-corrected chi connectivity index (χ1v) is 6.04. The van der Waals surface area contributed by atoms with Crippen LogP contribution in [0.15, 0.2) is 48.5 Å². The number of nitrogens with one attached hydrogen (secondary N) is 2. The highest BCUT2D eigenvalue weighted by molar-refractivity contribution is 6.31. The predicted octanol–water partition coefficient (Wildman–Crippen LogP) is 3.45. The van der Waals surface area contributed by atoms with E-state index in [1.807, 2.05) is 42.5 Å². The van der Waals surface area contributed by atoms with Crippen LogP contribution in [0.5, 0.6) is 0 Å². The first-order chi connectivity index (χ1) is 8.75. The lowest BCUT2D eigenvalue weighted by Gasteiger charge is -2.27. The largest absolute Gasteiger partial charge is 0.368 e. The zero-order chi connectivity index (χ0) is 12.5. The van der Waals surface area contributed by atoms with Crippen LogP contribution < -0.4 is 10.6 Å². The van der Waals surface area contributed by atoms with E-state index in [0.717, 1.165) is 16.9 Å². The van der Waals surface area contributed by atoms with E-state index in [-0.39, 0.29) is 5.91 Å². The average Bonchev–Trinajstić information content (AvgIpc) is 2.39. The highest BCUT2D eigenvalue weighted by atomic mass is 35.5. The number of carbonyl (C=O) groups is 1. The van der Waals surface area contributed by atoms with Crippen LogP contribution in [0.3, 0.4) is 0 Å². The molecule has 90 valence electrons. The summed E-state index contributed by atoms with van der Waals surface area (Å²) in [7, 11) is 0. The van der Waals surface area contributed by atoms with Gasteiger partial charge in [-0.3, -0.25) is 4.79 Å². The Morgan fingerprint density at radius 2 is 1.61 bits per heavy atom. The van der Waals surface area contributed by atoms with Crippen molar-refractivity contribution in [1.29, 1.82) is 0 Å². The Morgan fingerprint density at radius 3 is 2.39 bits per heavy atom. The van der Waals surface area contributed by atoms with Crippen molar-refractivity contribution in [2.45, 2.75) is 6.04 Å². The molecular formula is C14H11ClN2O. The number of carbonyl (C=O) groups excluding carboxylic acids is 1. The number of fused-ring (bicyclic) bond motifs is 1. The molecule has 1 atom stereocenters. The molecule has 0 fully saturated rings. The van der Waals surface area contributed by atoms with Crippen LogP contribution in [-0.2, 0) is 4.79 Å². The molecule has 2 aromatic rings. The molecule has 0 spiro atoms. The van der Waals surface area contributed by atoms with Crippen molar-refractivity contribution in [3.05, 3.63) is 59.1 Å². The molecule has 1 aliphatic heterocycles. The Hall–Kier alpha value is -2.00. The Bertz CT molecular complexity index is 612. The monoisotopic (exact) mass is 258 g/mol. The minimum Gasteiger partial charge on any atom is -0.368 e. The average molecular weight is 259 g/mol. The highest BCUT2D eigenvalue weighted by Gasteiger charge is 2.27. The van der Waals surface area contributed by atoms with Gasteiger partial charge >= 0.3 is 0 Å². The Morgan fingerprint density at radius 1 is 0.944 bits per heavy atom. The number of benzene rings is 2. The molecule has 0 saturated carbocycles. The maximum Gasteiger partial charge on any atom is 0.251 e. The van der Waals surface area contributed by atoms with Crippen molar-refractivity contribution in [1.82, 2.24) is 0 Å². The molecule has 2 aromatic carbocycles. The molecule has 18 heavy (non-hydrogen) atoms. The second-order valence-electron chi connectivity index (χ2n) is 4.13. The van der Waals surface area contributed by atoms with Crippen LogP contribution in [0.2, 0.25) is 5.02 Å². The number of hydrogen-bond acceptors (Lipinski definition) is 2. The minimum atomic E-state index is -0.450. The van der Waals surface area contributed by atoms with E-state index in [2.05, 4.69) is 10.6 Å². The van der Waals surface area contributed by atoms with E-state index in [4.69, 9.17) is 11.6 Å². The van der Waals surface area contributed by atoms with Crippen LogP contribution in [0.25, 0.3) is 0 Å². The molecular weight excluding hydrogens is 248 g/mol. The fourth-order valence-electron chi connectivity index (χ4n) is 2.07. The van der Waals surface area contributed by atoms with Gasteiger partial charge in [-0.1, -0.05) is 41.9 Å². The molecule has 0 saturated heterocycles. The van der Waals surface area contributed by atoms with E-state index in [0.29, 0.717) is 5.02 Å². The quantitative estimate of drug-likeness (QED) is 0.823. The maximum absolute atomic E-state index is 12.1. The second-order valence-corrected chi connectivity index (χ2v) is 4.54. The van der Waals surface area contributed by atoms with Crippen LogP contribution in [0.1, 0.15) is 11.6 Å². The summed E-state index contributed by atoms with van der Waals surface area (Å²) in [4.78, 5) is 12.1. The van der Waals surface area contributed by atoms with Crippen LogP contribution in [-0.4, -0.2) is 5.91 Å². The molecule has 0 aliphatic carbocycles. The summed E-state index contributed by atoms with van der Waals surface area (Å²) in [5.41, 5.74) is 2.49. The van der Waals surface area contributed by atoms with Gasteiger partial charge in [0.1, 0.15) is 6.04 Å². The zero-order valence-electron chi connectivity index (χ0n) is 9.48. The second kappa shape index (κ2) is 4.35. The van der Waals surface area contributed by atoms with E-state index in [1.165, 1.54) is 0 Å². The molecule has 1 heterocycles. The number of hydrogen-bond donors (Lipinski definition) is 2. The Labute approximate surface area is 110 Å². The fraction of sp³-hybridized carbons (Fsp3) is 0.0714. The smallest absolute Gasteiger partial charge is 0.251 e. The van der Waals surface area contributed by atoms with E-state index in [1.54, 1.807) is 6.07 Å². The van der Waals surface area contributed by atoms with Crippen LogP contribution in [0.4, 0.5) is 11.4 Å². The molecule has 0 unspecified atom stereocenters. The number of amides is 1. The van der Waals surface area contributed by atoms with Gasteiger partial charge in [0.2, 0.25) is 0 Å². The molecule has 3 rings (SSSR count). The molecule has 1 aliphatic rings. The zero-order valence-corrected chi connectivity index (χ0v) is 10.2. The van der Waals surface area contributed by atoms with E-state index >= 15 is 0 Å². The third-order valence-corrected chi connectivity index (χ3v) is 3.31. The maximum atomic E-state index is 12.1. The number of rotatable bonds is 1. The first kappa shape index (κ1) is 11.1. The van der Waals surface area contributed by atoms with Gasteiger partial charge in [0.05, 0.1) is 11.4 Å². The number of halogens is 1. The number of para-hydroxylation sites is 2. The predicted molar refractivity (Wildman–Crippen MR) is 72.9 cm³/mol. The lowest BCUT2D eigenvalue weighted by molar-refractivity contribution is -0.117. The molecule has 3 nitrogen and oxygen atoms in total. The lowest BCUT2D eigenvalue weighted by Crippen LogP contribution is -2.32. The van der Waals surface area contributed by atoms with Gasteiger partial charge in [-0.05, 0) is 18.2 Å². The van der Waals surface area contributed by atoms with Gasteiger partial charge in [0, 0.05) is 10.6 Å². The SMILES string of the molecule is O=C1Nc2ccccc2N[C@H]1c1ccccc1Cl. The van der Waals surface area contributed by atoms with Crippen LogP contribution >= 0.6 is 11.6 Å². The van der Waals surface area contributed by atoms with Gasteiger partial charge in [0.15, 0.2) is 0 Å². The molecule has 0 bridgehead atoms. The van der Waals surface area contributed by atoms with Gasteiger partial charge < -0.3 is 10.6 Å². The fourth-order valence-corrected chi connectivity index (χ4v) is 2.32. The summed E-state index contributed by atoms with van der Waals surface area (Å²) < 4.78 is 0. The summed E-state index contributed by atoms with van der Waals surface area (Å²) in [5, 5.41) is 6.67. The summed E-state index contributed by atoms with van der Waals surface area (Å²) in [6, 6.07) is 14.5. The third-order valence-electron chi connectivity index (χ3n) is 2.96. The van der Waals surface area contributed by atoms with Gasteiger partial charge in [-0.2, -0.15) is 0 Å². The standard InChI is InChI=1S/C14H11ClN2O/c15-10-6-2-1-5-9(10)13-14(18)17-12-8-4-3-7-11(12)16-13/h1-8,13,16H,(H,17,18)/t13-/m0/s1. The number of anilines is 2. The molecule has 0 aromatic heterocycles. The van der Waals surface area contributed by atoms with Gasteiger partial charge in [-0.15, -0.1) is 0 Å². The molecule has 2 N–H and O–H groups in total. The highest BCUT2D eigenvalue weighted by Crippen LogP contribution is 2.34. The minimum absolute atomic E-state index is 0.0956.